The molecule has 3 rings (SSSR count). The van der Waals surface area contributed by atoms with Crippen LogP contribution in [-0.4, -0.2) is 69.1 Å². The minimum Gasteiger partial charge on any atom is -0.296 e. The van der Waals surface area contributed by atoms with Crippen molar-refractivity contribution in [3.05, 3.63) is 0 Å². The van der Waals surface area contributed by atoms with Gasteiger partial charge >= 0.3 is 0 Å². The van der Waals surface area contributed by atoms with Crippen molar-refractivity contribution in [2.24, 2.45) is 0 Å². The van der Waals surface area contributed by atoms with Crippen molar-refractivity contribution in [1.29, 1.82) is 0 Å². The summed E-state index contributed by atoms with van der Waals surface area (Å²) in [5, 5.41) is 0. The molecule has 0 radical (unpaired) electrons. The molecule has 0 aromatic rings. The van der Waals surface area contributed by atoms with E-state index in [1.807, 2.05) is 0 Å². The zero-order valence-electron chi connectivity index (χ0n) is 22.9. The molecule has 3 fully saturated rings. The van der Waals surface area contributed by atoms with Crippen molar-refractivity contribution < 1.29 is 0 Å². The lowest BCUT2D eigenvalue weighted by molar-refractivity contribution is 0.130. The van der Waals surface area contributed by atoms with Gasteiger partial charge in [-0.2, -0.15) is 0 Å². The predicted molar refractivity (Wildman–Crippen MR) is 135 cm³/mol. The molecule has 1 unspecified atom stereocenters. The molecule has 3 aliphatic heterocycles. The summed E-state index contributed by atoms with van der Waals surface area (Å²) in [7, 11) is 0. The van der Waals surface area contributed by atoms with Gasteiger partial charge in [-0.1, -0.05) is 0 Å². The molecule has 3 heterocycles. The lowest BCUT2D eigenvalue weighted by Gasteiger charge is -2.35. The Balaban J connectivity index is 0.000000225. The second-order valence-electron chi connectivity index (χ2n) is 13.1. The Morgan fingerprint density at radius 3 is 0.700 bits per heavy atom. The summed E-state index contributed by atoms with van der Waals surface area (Å²) in [4.78, 5) is 7.77. The number of nitrogens with zero attached hydrogens (tertiary/aromatic N) is 3. The average molecular weight is 424 g/mol. The van der Waals surface area contributed by atoms with Crippen LogP contribution in [0.4, 0.5) is 0 Å². The Morgan fingerprint density at radius 2 is 0.633 bits per heavy atom. The molecule has 3 saturated heterocycles. The molecule has 0 spiro atoms. The second kappa shape index (κ2) is 11.1. The van der Waals surface area contributed by atoms with Crippen LogP contribution in [0.1, 0.15) is 122 Å². The van der Waals surface area contributed by atoms with E-state index in [9.17, 15) is 0 Å². The summed E-state index contributed by atoms with van der Waals surface area (Å²) in [6.45, 7) is 31.6. The first-order chi connectivity index (χ1) is 13.5. The molecule has 0 saturated carbocycles. The molecule has 0 bridgehead atoms. The van der Waals surface area contributed by atoms with Crippen molar-refractivity contribution in [3.63, 3.8) is 0 Å². The van der Waals surface area contributed by atoms with Gasteiger partial charge in [-0.3, -0.25) is 14.7 Å². The summed E-state index contributed by atoms with van der Waals surface area (Å²) in [5.41, 5.74) is 1.15. The first kappa shape index (κ1) is 27.9. The monoisotopic (exact) mass is 423 g/mol. The average Bonchev–Trinajstić information content (AvgIpc) is 3.27. The van der Waals surface area contributed by atoms with E-state index in [2.05, 4.69) is 97.8 Å². The number of hydrogen-bond donors (Lipinski definition) is 0. The van der Waals surface area contributed by atoms with E-state index in [1.54, 1.807) is 0 Å². The van der Waals surface area contributed by atoms with E-state index in [0.717, 1.165) is 18.1 Å². The van der Waals surface area contributed by atoms with E-state index in [-0.39, 0.29) is 0 Å². The highest BCUT2D eigenvalue weighted by molar-refractivity contribution is 4.87. The zero-order valence-corrected chi connectivity index (χ0v) is 22.9. The van der Waals surface area contributed by atoms with Gasteiger partial charge in [0.1, 0.15) is 0 Å². The van der Waals surface area contributed by atoms with Gasteiger partial charge in [0, 0.05) is 34.7 Å². The zero-order chi connectivity index (χ0) is 23.3. The molecule has 0 aromatic carbocycles. The maximum atomic E-state index is 2.59. The van der Waals surface area contributed by atoms with Crippen molar-refractivity contribution in [3.8, 4) is 0 Å². The fourth-order valence-corrected chi connectivity index (χ4v) is 5.79. The summed E-state index contributed by atoms with van der Waals surface area (Å²) in [5.74, 6) is 0. The van der Waals surface area contributed by atoms with Crippen LogP contribution in [0.3, 0.4) is 0 Å². The van der Waals surface area contributed by atoms with Crippen LogP contribution in [0.5, 0.6) is 0 Å². The summed E-state index contributed by atoms with van der Waals surface area (Å²) < 4.78 is 0. The van der Waals surface area contributed by atoms with E-state index < -0.39 is 0 Å². The number of likely N-dealkylation sites (tertiary alicyclic amines) is 3. The quantitative estimate of drug-likeness (QED) is 0.424. The minimum atomic E-state index is 0.385. The molecule has 0 amide bonds. The van der Waals surface area contributed by atoms with Crippen LogP contribution in [-0.2, 0) is 0 Å². The van der Waals surface area contributed by atoms with Crippen LogP contribution in [0.15, 0.2) is 0 Å². The van der Waals surface area contributed by atoms with Gasteiger partial charge < -0.3 is 0 Å². The van der Waals surface area contributed by atoms with Crippen LogP contribution in [0, 0.1) is 0 Å². The molecule has 3 nitrogen and oxygen atoms in total. The summed E-state index contributed by atoms with van der Waals surface area (Å²) in [6.07, 6.45) is 8.32. The lowest BCUT2D eigenvalue weighted by atomic mass is 10.1. The second-order valence-corrected chi connectivity index (χ2v) is 13.1. The standard InChI is InChI=1S/3C9H19N/c3*1-8-6-5-7-10(8)9(2,3)4/h3*8H,5-7H2,1-4H3/t2*8-;/m10./s1. The SMILES string of the molecule is CC1CCCN1C(C)(C)C.C[C@@H]1CCCN1C(C)(C)C.C[C@H]1CCCN1C(C)(C)C. The third kappa shape index (κ3) is 8.79. The molecule has 0 aromatic heterocycles. The number of rotatable bonds is 0. The maximum absolute atomic E-state index is 2.59. The molecule has 30 heavy (non-hydrogen) atoms. The fraction of sp³-hybridized carbons (Fsp3) is 1.00. The first-order valence-electron chi connectivity index (χ1n) is 12.9. The maximum Gasteiger partial charge on any atom is 0.0127 e. The van der Waals surface area contributed by atoms with E-state index >= 15 is 0 Å². The smallest absolute Gasteiger partial charge is 0.0127 e. The first-order valence-corrected chi connectivity index (χ1v) is 12.9. The van der Waals surface area contributed by atoms with Crippen LogP contribution < -0.4 is 0 Å². The minimum absolute atomic E-state index is 0.385. The third-order valence-corrected chi connectivity index (χ3v) is 7.24. The van der Waals surface area contributed by atoms with Crippen molar-refractivity contribution in [1.82, 2.24) is 14.7 Å². The molecule has 180 valence electrons. The Labute approximate surface area is 191 Å². The molecule has 3 aliphatic rings. The van der Waals surface area contributed by atoms with Gasteiger partial charge in [0.2, 0.25) is 0 Å². The Bertz CT molecular complexity index is 408. The predicted octanol–water partition coefficient (Wildman–Crippen LogP) is 6.81. The van der Waals surface area contributed by atoms with Gasteiger partial charge in [-0.05, 0) is 141 Å². The highest BCUT2D eigenvalue weighted by atomic mass is 15.2. The van der Waals surface area contributed by atoms with Gasteiger partial charge in [-0.15, -0.1) is 0 Å². The molecule has 0 aliphatic carbocycles. The largest absolute Gasteiger partial charge is 0.296 e. The van der Waals surface area contributed by atoms with E-state index in [0.29, 0.717) is 16.6 Å². The highest BCUT2D eigenvalue weighted by Gasteiger charge is 2.31. The van der Waals surface area contributed by atoms with Crippen LogP contribution >= 0.6 is 0 Å². The normalized spacial score (nSPS) is 29.4. The van der Waals surface area contributed by atoms with E-state index in [1.165, 1.54) is 58.2 Å². The van der Waals surface area contributed by atoms with Gasteiger partial charge in [0.15, 0.2) is 0 Å². The van der Waals surface area contributed by atoms with Crippen molar-refractivity contribution in [2.75, 3.05) is 19.6 Å². The molecule has 3 heteroatoms. The molecular formula is C27H57N3. The van der Waals surface area contributed by atoms with Gasteiger partial charge in [0.25, 0.3) is 0 Å². The molecule has 3 atom stereocenters. The summed E-state index contributed by atoms with van der Waals surface area (Å²) in [6, 6.07) is 2.42. The lowest BCUT2D eigenvalue weighted by Crippen LogP contribution is -2.43. The molecular weight excluding hydrogens is 366 g/mol. The van der Waals surface area contributed by atoms with Gasteiger partial charge in [0.05, 0.1) is 0 Å². The van der Waals surface area contributed by atoms with Crippen molar-refractivity contribution >= 4 is 0 Å². The Kier molecular flexibility index (Phi) is 10.4. The van der Waals surface area contributed by atoms with Crippen LogP contribution in [0.2, 0.25) is 0 Å². The topological polar surface area (TPSA) is 9.72 Å². The van der Waals surface area contributed by atoms with Crippen LogP contribution in [0.25, 0.3) is 0 Å². The van der Waals surface area contributed by atoms with Crippen molar-refractivity contribution in [2.45, 2.75) is 156 Å². The third-order valence-electron chi connectivity index (χ3n) is 7.24. The Hall–Kier alpha value is -0.120. The number of hydrogen-bond acceptors (Lipinski definition) is 3. The highest BCUT2D eigenvalue weighted by Crippen LogP contribution is 2.27. The molecule has 0 N–H and O–H groups in total. The Morgan fingerprint density at radius 1 is 0.433 bits per heavy atom. The summed E-state index contributed by atoms with van der Waals surface area (Å²) >= 11 is 0. The van der Waals surface area contributed by atoms with E-state index in [4.69, 9.17) is 0 Å². The van der Waals surface area contributed by atoms with Gasteiger partial charge in [-0.25, -0.2) is 0 Å². The fourth-order valence-electron chi connectivity index (χ4n) is 5.79.